The van der Waals surface area contributed by atoms with E-state index in [0.717, 1.165) is 24.5 Å². The van der Waals surface area contributed by atoms with Gasteiger partial charge in [-0.2, -0.15) is 0 Å². The van der Waals surface area contributed by atoms with Crippen LogP contribution in [0, 0.1) is 5.92 Å². The molecule has 2 heterocycles. The number of amides is 2. The Morgan fingerprint density at radius 2 is 1.68 bits per heavy atom. The van der Waals surface area contributed by atoms with Crippen molar-refractivity contribution in [1.29, 1.82) is 0 Å². The number of carbonyl (C=O) groups excluding carboxylic acids is 1. The van der Waals surface area contributed by atoms with Crippen LogP contribution in [-0.4, -0.2) is 69.0 Å². The maximum absolute atomic E-state index is 12.7. The van der Waals surface area contributed by atoms with Gasteiger partial charge in [-0.05, 0) is 64.3 Å². The summed E-state index contributed by atoms with van der Waals surface area (Å²) in [7, 11) is -3.32. The lowest BCUT2D eigenvalue weighted by Crippen LogP contribution is -2.53. The molecule has 2 amide bonds. The van der Waals surface area contributed by atoms with E-state index >= 15 is 0 Å². The summed E-state index contributed by atoms with van der Waals surface area (Å²) in [6, 6.07) is 7.59. The van der Waals surface area contributed by atoms with E-state index in [2.05, 4.69) is 28.8 Å². The number of nitrogens with zero attached hydrogens (tertiary/aromatic N) is 2. The number of urea groups is 1. The van der Waals surface area contributed by atoms with E-state index in [0.29, 0.717) is 19.5 Å². The van der Waals surface area contributed by atoms with Crippen LogP contribution >= 0.6 is 0 Å². The first-order chi connectivity index (χ1) is 14.5. The summed E-state index contributed by atoms with van der Waals surface area (Å²) in [5, 5.41) is 2.50. The van der Waals surface area contributed by atoms with Gasteiger partial charge in [-0.25, -0.2) is 17.9 Å². The van der Waals surface area contributed by atoms with Gasteiger partial charge < -0.3 is 19.9 Å². The molecule has 3 rings (SSSR count). The van der Waals surface area contributed by atoms with Crippen molar-refractivity contribution in [3.8, 4) is 0 Å². The molecule has 0 bridgehead atoms. The molecular formula is C22H36N4O4S. The molecular weight excluding hydrogens is 416 g/mol. The monoisotopic (exact) mass is 452 g/mol. The number of carbonyl (C=O) groups is 1. The second-order valence-corrected chi connectivity index (χ2v) is 11.4. The average Bonchev–Trinajstić information content (AvgIpc) is 2.69. The Kier molecular flexibility index (Phi) is 7.49. The first kappa shape index (κ1) is 23.8. The third-order valence-electron chi connectivity index (χ3n) is 6.03. The Morgan fingerprint density at radius 3 is 2.23 bits per heavy atom. The molecule has 174 valence electrons. The van der Waals surface area contributed by atoms with Crippen LogP contribution in [0.25, 0.3) is 0 Å². The predicted molar refractivity (Wildman–Crippen MR) is 124 cm³/mol. The minimum atomic E-state index is -3.32. The van der Waals surface area contributed by atoms with Crippen molar-refractivity contribution in [2.75, 3.05) is 36.4 Å². The molecule has 8 nitrogen and oxygen atoms in total. The van der Waals surface area contributed by atoms with Crippen LogP contribution in [0.2, 0.25) is 0 Å². The fourth-order valence-corrected chi connectivity index (χ4v) is 5.24. The van der Waals surface area contributed by atoms with Crippen LogP contribution in [0.4, 0.5) is 16.2 Å². The fourth-order valence-electron chi connectivity index (χ4n) is 4.20. The highest BCUT2D eigenvalue weighted by molar-refractivity contribution is 7.90. The first-order valence-electron chi connectivity index (χ1n) is 11.1. The summed E-state index contributed by atoms with van der Waals surface area (Å²) in [6.07, 6.45) is 0.989. The maximum Gasteiger partial charge on any atom is 0.321 e. The molecule has 0 saturated carbocycles. The highest BCUT2D eigenvalue weighted by Crippen LogP contribution is 2.23. The number of ether oxygens (including phenoxy) is 1. The first-order valence-corrected chi connectivity index (χ1v) is 12.7. The van der Waals surface area contributed by atoms with Gasteiger partial charge in [-0.3, -0.25) is 0 Å². The molecule has 1 aromatic carbocycles. The summed E-state index contributed by atoms with van der Waals surface area (Å²) >= 11 is 0. The van der Waals surface area contributed by atoms with E-state index < -0.39 is 15.3 Å². The number of piperidine rings is 1. The van der Waals surface area contributed by atoms with E-state index in [1.54, 1.807) is 18.7 Å². The molecule has 2 aliphatic rings. The lowest BCUT2D eigenvalue weighted by molar-refractivity contribution is -0.00521. The van der Waals surface area contributed by atoms with E-state index in [4.69, 9.17) is 4.74 Å². The second kappa shape index (κ2) is 9.75. The lowest BCUT2D eigenvalue weighted by atomic mass is 9.95. The van der Waals surface area contributed by atoms with Crippen molar-refractivity contribution in [3.63, 3.8) is 0 Å². The lowest BCUT2D eigenvalue weighted by Gasteiger charge is -2.37. The zero-order valence-electron chi connectivity index (χ0n) is 19.2. The minimum absolute atomic E-state index is 0.0423. The average molecular weight is 453 g/mol. The Hall–Kier alpha value is -1.84. The SMILES string of the molecule is CC1CN(c2ccc(NC(=O)N3CCC(NS(=O)(=O)C(C)C)C(C)C3)cc2)CC(C)O1. The molecule has 2 saturated heterocycles. The van der Waals surface area contributed by atoms with Gasteiger partial charge in [-0.1, -0.05) is 6.92 Å². The van der Waals surface area contributed by atoms with Crippen molar-refractivity contribution < 1.29 is 17.9 Å². The largest absolute Gasteiger partial charge is 0.372 e. The van der Waals surface area contributed by atoms with E-state index in [9.17, 15) is 13.2 Å². The molecule has 4 unspecified atom stereocenters. The predicted octanol–water partition coefficient (Wildman–Crippen LogP) is 2.87. The van der Waals surface area contributed by atoms with Crippen LogP contribution in [0.5, 0.6) is 0 Å². The van der Waals surface area contributed by atoms with E-state index in [1.807, 2.05) is 31.2 Å². The Morgan fingerprint density at radius 1 is 1.06 bits per heavy atom. The molecule has 0 aliphatic carbocycles. The van der Waals surface area contributed by atoms with Gasteiger partial charge in [0, 0.05) is 43.6 Å². The molecule has 9 heteroatoms. The molecule has 0 aromatic heterocycles. The molecule has 0 spiro atoms. The Bertz CT molecular complexity index is 849. The summed E-state index contributed by atoms with van der Waals surface area (Å²) in [5.74, 6) is 0.0423. The number of hydrogen-bond acceptors (Lipinski definition) is 5. The maximum atomic E-state index is 12.7. The summed E-state index contributed by atoms with van der Waals surface area (Å²) in [6.45, 7) is 12.2. The molecule has 2 N–H and O–H groups in total. The van der Waals surface area contributed by atoms with Crippen LogP contribution in [-0.2, 0) is 14.8 Å². The Balaban J connectivity index is 1.54. The van der Waals surface area contributed by atoms with E-state index in [-0.39, 0.29) is 30.2 Å². The number of benzene rings is 1. The smallest absolute Gasteiger partial charge is 0.321 e. The molecule has 1 aromatic rings. The topological polar surface area (TPSA) is 91.0 Å². The number of sulfonamides is 1. The fraction of sp³-hybridized carbons (Fsp3) is 0.682. The van der Waals surface area contributed by atoms with Gasteiger partial charge in [0.2, 0.25) is 10.0 Å². The van der Waals surface area contributed by atoms with Crippen LogP contribution in [0.15, 0.2) is 24.3 Å². The second-order valence-electron chi connectivity index (χ2n) is 9.17. The zero-order chi connectivity index (χ0) is 22.8. The van der Waals surface area contributed by atoms with Crippen molar-refractivity contribution in [3.05, 3.63) is 24.3 Å². The van der Waals surface area contributed by atoms with Crippen molar-refractivity contribution in [2.24, 2.45) is 5.92 Å². The standard InChI is InChI=1S/C22H36N4O4S/c1-15(2)31(28,29)24-21-10-11-25(12-16(21)3)22(27)23-19-6-8-20(9-7-19)26-13-17(4)30-18(5)14-26/h6-9,15-18,21,24H,10-14H2,1-5H3,(H,23,27). The van der Waals surface area contributed by atoms with Gasteiger partial charge in [0.1, 0.15) is 0 Å². The van der Waals surface area contributed by atoms with Crippen molar-refractivity contribution >= 4 is 27.4 Å². The normalized spacial score (nSPS) is 27.4. The van der Waals surface area contributed by atoms with Crippen LogP contribution in [0.1, 0.15) is 41.0 Å². The third kappa shape index (κ3) is 6.11. The molecule has 4 atom stereocenters. The molecule has 0 radical (unpaired) electrons. The number of morpholine rings is 1. The summed E-state index contributed by atoms with van der Waals surface area (Å²) in [4.78, 5) is 16.8. The highest BCUT2D eigenvalue weighted by atomic mass is 32.2. The van der Waals surface area contributed by atoms with Gasteiger partial charge in [0.25, 0.3) is 0 Å². The molecule has 31 heavy (non-hydrogen) atoms. The summed E-state index contributed by atoms with van der Waals surface area (Å²) < 4.78 is 32.9. The number of hydrogen-bond donors (Lipinski definition) is 2. The quantitative estimate of drug-likeness (QED) is 0.717. The number of rotatable bonds is 5. The number of likely N-dealkylation sites (tertiary alicyclic amines) is 1. The molecule has 2 fully saturated rings. The van der Waals surface area contributed by atoms with Crippen LogP contribution in [0.3, 0.4) is 0 Å². The van der Waals surface area contributed by atoms with Crippen molar-refractivity contribution in [2.45, 2.75) is 64.5 Å². The third-order valence-corrected chi connectivity index (χ3v) is 7.90. The highest BCUT2D eigenvalue weighted by Gasteiger charge is 2.32. The van der Waals surface area contributed by atoms with E-state index in [1.165, 1.54) is 0 Å². The van der Waals surface area contributed by atoms with Gasteiger partial charge in [0.15, 0.2) is 0 Å². The molecule has 2 aliphatic heterocycles. The zero-order valence-corrected chi connectivity index (χ0v) is 20.0. The number of nitrogens with one attached hydrogen (secondary N) is 2. The summed E-state index contributed by atoms with van der Waals surface area (Å²) in [5.41, 5.74) is 1.87. The van der Waals surface area contributed by atoms with Crippen LogP contribution < -0.4 is 14.9 Å². The minimum Gasteiger partial charge on any atom is -0.372 e. The van der Waals surface area contributed by atoms with Gasteiger partial charge in [-0.15, -0.1) is 0 Å². The van der Waals surface area contributed by atoms with Gasteiger partial charge in [0.05, 0.1) is 17.5 Å². The number of anilines is 2. The van der Waals surface area contributed by atoms with Gasteiger partial charge >= 0.3 is 6.03 Å². The van der Waals surface area contributed by atoms with Crippen molar-refractivity contribution in [1.82, 2.24) is 9.62 Å². The Labute approximate surface area is 186 Å².